The summed E-state index contributed by atoms with van der Waals surface area (Å²) >= 11 is 0. The van der Waals surface area contributed by atoms with E-state index < -0.39 is 0 Å². The number of nitrogens with one attached hydrogen (secondary N) is 1. The van der Waals surface area contributed by atoms with Crippen molar-refractivity contribution >= 4 is 5.91 Å². The van der Waals surface area contributed by atoms with Crippen LogP contribution in [0, 0.1) is 12.8 Å². The average molecular weight is 391 g/mol. The number of hydrogen-bond acceptors (Lipinski definition) is 2. The molecule has 2 aromatic carbocycles. The van der Waals surface area contributed by atoms with Gasteiger partial charge in [-0.25, -0.2) is 0 Å². The van der Waals surface area contributed by atoms with E-state index in [9.17, 15) is 4.79 Å². The largest absolute Gasteiger partial charge is 0.355 e. The summed E-state index contributed by atoms with van der Waals surface area (Å²) in [5, 5.41) is 3.35. The first-order valence-electron chi connectivity index (χ1n) is 11.3. The molecule has 0 bridgehead atoms. The van der Waals surface area contributed by atoms with E-state index in [-0.39, 0.29) is 11.3 Å². The standard InChI is InChI=1S/C26H34N2O/c1-21-8-7-11-24(18-21)26(14-5-6-15-26)25(29)27-19-23-13-17-28(20-23)16-12-22-9-3-2-4-10-22/h2-4,7-11,18,23H,5-6,12-17,19-20H2,1H3,(H,27,29). The van der Waals surface area contributed by atoms with Gasteiger partial charge in [-0.05, 0) is 56.2 Å². The van der Waals surface area contributed by atoms with E-state index in [0.717, 1.165) is 58.3 Å². The maximum Gasteiger partial charge on any atom is 0.230 e. The number of hydrogen-bond donors (Lipinski definition) is 1. The molecule has 1 unspecified atom stereocenters. The fourth-order valence-corrected chi connectivity index (χ4v) is 5.19. The maximum atomic E-state index is 13.3. The predicted octanol–water partition coefficient (Wildman–Crippen LogP) is 4.49. The zero-order valence-corrected chi connectivity index (χ0v) is 17.7. The van der Waals surface area contributed by atoms with Gasteiger partial charge in [-0.2, -0.15) is 0 Å². The van der Waals surface area contributed by atoms with E-state index in [1.165, 1.54) is 23.1 Å². The van der Waals surface area contributed by atoms with E-state index in [2.05, 4.69) is 71.7 Å². The molecule has 1 saturated carbocycles. The van der Waals surface area contributed by atoms with Crippen LogP contribution in [0.4, 0.5) is 0 Å². The predicted molar refractivity (Wildman–Crippen MR) is 119 cm³/mol. The SMILES string of the molecule is Cc1cccc(C2(C(=O)NCC3CCN(CCc4ccccc4)C3)CCCC2)c1. The smallest absolute Gasteiger partial charge is 0.230 e. The molecular formula is C26H34N2O. The quantitative estimate of drug-likeness (QED) is 0.756. The molecule has 1 N–H and O–H groups in total. The Morgan fingerprint density at radius 1 is 1.10 bits per heavy atom. The van der Waals surface area contributed by atoms with Gasteiger partial charge in [-0.1, -0.05) is 73.0 Å². The summed E-state index contributed by atoms with van der Waals surface area (Å²) in [6, 6.07) is 19.3. The highest BCUT2D eigenvalue weighted by Gasteiger charge is 2.42. The zero-order valence-electron chi connectivity index (χ0n) is 17.7. The Balaban J connectivity index is 1.30. The van der Waals surface area contributed by atoms with Gasteiger partial charge in [0.15, 0.2) is 0 Å². The highest BCUT2D eigenvalue weighted by molar-refractivity contribution is 5.88. The number of carbonyl (C=O) groups excluding carboxylic acids is 1. The average Bonchev–Trinajstić information content (AvgIpc) is 3.42. The maximum absolute atomic E-state index is 13.3. The molecule has 1 heterocycles. The van der Waals surface area contributed by atoms with Crippen molar-refractivity contribution in [2.75, 3.05) is 26.2 Å². The lowest BCUT2D eigenvalue weighted by atomic mass is 9.77. The number of benzene rings is 2. The topological polar surface area (TPSA) is 32.3 Å². The van der Waals surface area contributed by atoms with E-state index in [4.69, 9.17) is 0 Å². The van der Waals surface area contributed by atoms with Crippen molar-refractivity contribution in [1.29, 1.82) is 0 Å². The molecule has 1 aliphatic heterocycles. The highest BCUT2D eigenvalue weighted by Crippen LogP contribution is 2.41. The van der Waals surface area contributed by atoms with Gasteiger partial charge in [0.2, 0.25) is 5.91 Å². The van der Waals surface area contributed by atoms with Crippen LogP contribution >= 0.6 is 0 Å². The van der Waals surface area contributed by atoms with Crippen LogP contribution in [0.25, 0.3) is 0 Å². The number of aryl methyl sites for hydroxylation is 1. The van der Waals surface area contributed by atoms with Crippen LogP contribution in [0.5, 0.6) is 0 Å². The summed E-state index contributed by atoms with van der Waals surface area (Å²) in [6.45, 7) is 6.30. The molecule has 1 aliphatic carbocycles. The van der Waals surface area contributed by atoms with Crippen LogP contribution in [0.15, 0.2) is 54.6 Å². The molecule has 1 amide bonds. The molecule has 2 aromatic rings. The Labute approximate surface area is 175 Å². The summed E-state index contributed by atoms with van der Waals surface area (Å²) in [7, 11) is 0. The third-order valence-corrected chi connectivity index (χ3v) is 6.94. The Kier molecular flexibility index (Phi) is 6.34. The van der Waals surface area contributed by atoms with Crippen molar-refractivity contribution in [3.8, 4) is 0 Å². The normalized spacial score (nSPS) is 21.3. The summed E-state index contributed by atoms with van der Waals surface area (Å²) < 4.78 is 0. The van der Waals surface area contributed by atoms with Gasteiger partial charge in [0, 0.05) is 19.6 Å². The van der Waals surface area contributed by atoms with E-state index >= 15 is 0 Å². The number of likely N-dealkylation sites (tertiary alicyclic amines) is 1. The molecule has 1 saturated heterocycles. The van der Waals surface area contributed by atoms with Gasteiger partial charge in [0.25, 0.3) is 0 Å². The minimum atomic E-state index is -0.308. The lowest BCUT2D eigenvalue weighted by molar-refractivity contribution is -0.126. The Bertz CT molecular complexity index is 810. The fraction of sp³-hybridized carbons (Fsp3) is 0.500. The van der Waals surface area contributed by atoms with Crippen molar-refractivity contribution < 1.29 is 4.79 Å². The van der Waals surface area contributed by atoms with Crippen molar-refractivity contribution in [3.63, 3.8) is 0 Å². The summed E-state index contributed by atoms with van der Waals surface area (Å²) in [5.74, 6) is 0.828. The van der Waals surface area contributed by atoms with Crippen LogP contribution in [-0.2, 0) is 16.6 Å². The van der Waals surface area contributed by atoms with Gasteiger partial charge in [0.1, 0.15) is 0 Å². The molecule has 0 radical (unpaired) electrons. The Hall–Kier alpha value is -2.13. The van der Waals surface area contributed by atoms with E-state index in [0.29, 0.717) is 5.92 Å². The third kappa shape index (κ3) is 4.72. The van der Waals surface area contributed by atoms with Crippen molar-refractivity contribution in [3.05, 3.63) is 71.3 Å². The van der Waals surface area contributed by atoms with Crippen LogP contribution in [-0.4, -0.2) is 37.0 Å². The molecule has 2 fully saturated rings. The molecule has 29 heavy (non-hydrogen) atoms. The summed E-state index contributed by atoms with van der Waals surface area (Å²) in [5.41, 5.74) is 3.55. The van der Waals surface area contributed by atoms with Crippen LogP contribution in [0.1, 0.15) is 48.8 Å². The van der Waals surface area contributed by atoms with Crippen LogP contribution in [0.3, 0.4) is 0 Å². The van der Waals surface area contributed by atoms with Crippen LogP contribution in [0.2, 0.25) is 0 Å². The van der Waals surface area contributed by atoms with Gasteiger partial charge in [-0.15, -0.1) is 0 Å². The number of carbonyl (C=O) groups is 1. The molecule has 4 rings (SSSR count). The zero-order chi connectivity index (χ0) is 20.1. The summed E-state index contributed by atoms with van der Waals surface area (Å²) in [6.07, 6.45) is 6.56. The molecule has 3 heteroatoms. The fourth-order valence-electron chi connectivity index (χ4n) is 5.19. The summed E-state index contributed by atoms with van der Waals surface area (Å²) in [4.78, 5) is 15.9. The first-order chi connectivity index (χ1) is 14.2. The van der Waals surface area contributed by atoms with Gasteiger partial charge in [-0.3, -0.25) is 4.79 Å². The highest BCUT2D eigenvalue weighted by atomic mass is 16.2. The van der Waals surface area contributed by atoms with Gasteiger partial charge >= 0.3 is 0 Å². The molecule has 0 spiro atoms. The first-order valence-corrected chi connectivity index (χ1v) is 11.3. The van der Waals surface area contributed by atoms with Crippen molar-refractivity contribution in [1.82, 2.24) is 10.2 Å². The molecule has 0 aromatic heterocycles. The lowest BCUT2D eigenvalue weighted by Gasteiger charge is -2.29. The van der Waals surface area contributed by atoms with E-state index in [1.807, 2.05) is 0 Å². The van der Waals surface area contributed by atoms with Crippen molar-refractivity contribution in [2.45, 2.75) is 50.9 Å². The van der Waals surface area contributed by atoms with Crippen LogP contribution < -0.4 is 5.32 Å². The first kappa shape index (κ1) is 20.2. The van der Waals surface area contributed by atoms with Gasteiger partial charge in [0.05, 0.1) is 5.41 Å². The Morgan fingerprint density at radius 2 is 1.90 bits per heavy atom. The minimum Gasteiger partial charge on any atom is -0.355 e. The number of nitrogens with zero attached hydrogens (tertiary/aromatic N) is 1. The van der Waals surface area contributed by atoms with Gasteiger partial charge < -0.3 is 10.2 Å². The third-order valence-electron chi connectivity index (χ3n) is 6.94. The second-order valence-electron chi connectivity index (χ2n) is 9.06. The molecule has 3 nitrogen and oxygen atoms in total. The minimum absolute atomic E-state index is 0.253. The second-order valence-corrected chi connectivity index (χ2v) is 9.06. The monoisotopic (exact) mass is 390 g/mol. The molecule has 154 valence electrons. The number of rotatable bonds is 7. The molecule has 2 aliphatic rings. The Morgan fingerprint density at radius 3 is 2.66 bits per heavy atom. The lowest BCUT2D eigenvalue weighted by Crippen LogP contribution is -2.44. The molecular weight excluding hydrogens is 356 g/mol. The number of amides is 1. The molecule has 1 atom stereocenters. The van der Waals surface area contributed by atoms with E-state index in [1.54, 1.807) is 0 Å². The van der Waals surface area contributed by atoms with Crippen molar-refractivity contribution in [2.24, 2.45) is 5.92 Å². The second kappa shape index (κ2) is 9.13.